The summed E-state index contributed by atoms with van der Waals surface area (Å²) < 4.78 is 5.21. The minimum Gasteiger partial charge on any atom is -0.496 e. The standard InChI is InChI=1S/C11H14N2O3/c1-16-11-3-2-8(13(14)15)5-10(11)9-4-7(9)6-12/h2-3,5,7,9H,4,6,12H2,1H3. The van der Waals surface area contributed by atoms with Gasteiger partial charge in [-0.1, -0.05) is 0 Å². The number of nitrogens with zero attached hydrogens (tertiary/aromatic N) is 1. The SMILES string of the molecule is COc1ccc([N+](=O)[O-])cc1C1CC1CN. The molecule has 86 valence electrons. The molecule has 0 spiro atoms. The van der Waals surface area contributed by atoms with Gasteiger partial charge in [0.1, 0.15) is 5.75 Å². The molecule has 0 radical (unpaired) electrons. The second kappa shape index (κ2) is 4.09. The van der Waals surface area contributed by atoms with Crippen LogP contribution in [0.1, 0.15) is 17.9 Å². The van der Waals surface area contributed by atoms with E-state index in [1.807, 2.05) is 0 Å². The quantitative estimate of drug-likeness (QED) is 0.620. The summed E-state index contributed by atoms with van der Waals surface area (Å²) in [6, 6.07) is 4.71. The Hall–Kier alpha value is -1.62. The number of nitro groups is 1. The second-order valence-corrected chi connectivity index (χ2v) is 4.02. The van der Waals surface area contributed by atoms with Crippen molar-refractivity contribution >= 4 is 5.69 Å². The van der Waals surface area contributed by atoms with E-state index >= 15 is 0 Å². The van der Waals surface area contributed by atoms with Gasteiger partial charge in [0.15, 0.2) is 0 Å². The molecule has 5 nitrogen and oxygen atoms in total. The first kappa shape index (κ1) is 10.9. The first-order valence-electron chi connectivity index (χ1n) is 5.19. The maximum absolute atomic E-state index is 10.7. The topological polar surface area (TPSA) is 78.4 Å². The van der Waals surface area contributed by atoms with Gasteiger partial charge in [0, 0.05) is 17.7 Å². The molecule has 1 fully saturated rings. The smallest absolute Gasteiger partial charge is 0.269 e. The van der Waals surface area contributed by atoms with Crippen molar-refractivity contribution in [2.24, 2.45) is 11.7 Å². The van der Waals surface area contributed by atoms with Crippen LogP contribution in [-0.4, -0.2) is 18.6 Å². The Morgan fingerprint density at radius 3 is 2.88 bits per heavy atom. The number of hydrogen-bond donors (Lipinski definition) is 1. The lowest BCUT2D eigenvalue weighted by Crippen LogP contribution is -2.03. The fourth-order valence-corrected chi connectivity index (χ4v) is 2.01. The van der Waals surface area contributed by atoms with Crippen molar-refractivity contribution in [1.82, 2.24) is 0 Å². The Balaban J connectivity index is 2.33. The van der Waals surface area contributed by atoms with Crippen molar-refractivity contribution in [2.75, 3.05) is 13.7 Å². The van der Waals surface area contributed by atoms with E-state index in [0.29, 0.717) is 24.1 Å². The summed E-state index contributed by atoms with van der Waals surface area (Å²) in [7, 11) is 1.57. The largest absolute Gasteiger partial charge is 0.496 e. The van der Waals surface area contributed by atoms with E-state index in [4.69, 9.17) is 10.5 Å². The van der Waals surface area contributed by atoms with E-state index in [9.17, 15) is 10.1 Å². The van der Waals surface area contributed by atoms with Crippen molar-refractivity contribution in [3.05, 3.63) is 33.9 Å². The first-order valence-corrected chi connectivity index (χ1v) is 5.19. The third kappa shape index (κ3) is 1.86. The maximum atomic E-state index is 10.7. The fourth-order valence-electron chi connectivity index (χ4n) is 2.01. The number of methoxy groups -OCH3 is 1. The van der Waals surface area contributed by atoms with E-state index in [1.54, 1.807) is 19.2 Å². The van der Waals surface area contributed by atoms with Crippen LogP contribution in [0.3, 0.4) is 0 Å². The Morgan fingerprint density at radius 1 is 1.62 bits per heavy atom. The molecule has 0 saturated heterocycles. The van der Waals surface area contributed by atoms with Crippen LogP contribution in [0.4, 0.5) is 5.69 Å². The van der Waals surface area contributed by atoms with Crippen LogP contribution < -0.4 is 10.5 Å². The molecule has 0 aliphatic heterocycles. The number of rotatable bonds is 4. The summed E-state index contributed by atoms with van der Waals surface area (Å²) >= 11 is 0. The molecule has 5 heteroatoms. The van der Waals surface area contributed by atoms with Gasteiger partial charge in [0.2, 0.25) is 0 Å². The molecule has 1 aliphatic carbocycles. The lowest BCUT2D eigenvalue weighted by Gasteiger charge is -2.07. The third-order valence-corrected chi connectivity index (χ3v) is 3.05. The minimum absolute atomic E-state index is 0.110. The van der Waals surface area contributed by atoms with Gasteiger partial charge in [-0.05, 0) is 30.9 Å². The number of benzene rings is 1. The zero-order valence-electron chi connectivity index (χ0n) is 9.05. The molecule has 16 heavy (non-hydrogen) atoms. The molecule has 0 heterocycles. The molecular formula is C11H14N2O3. The molecule has 2 N–H and O–H groups in total. The van der Waals surface area contributed by atoms with Gasteiger partial charge >= 0.3 is 0 Å². The molecule has 0 aromatic heterocycles. The van der Waals surface area contributed by atoms with Gasteiger partial charge in [-0.15, -0.1) is 0 Å². The summed E-state index contributed by atoms with van der Waals surface area (Å²) in [4.78, 5) is 10.3. The molecule has 1 aromatic carbocycles. The Labute approximate surface area is 93.4 Å². The summed E-state index contributed by atoms with van der Waals surface area (Å²) in [5.41, 5.74) is 6.60. The van der Waals surface area contributed by atoms with Crippen molar-refractivity contribution < 1.29 is 9.66 Å². The number of hydrogen-bond acceptors (Lipinski definition) is 4. The van der Waals surface area contributed by atoms with Crippen LogP contribution in [0, 0.1) is 16.0 Å². The zero-order valence-corrected chi connectivity index (χ0v) is 9.05. The van der Waals surface area contributed by atoms with Crippen LogP contribution in [0.25, 0.3) is 0 Å². The predicted molar refractivity (Wildman–Crippen MR) is 59.6 cm³/mol. The van der Waals surface area contributed by atoms with Crippen molar-refractivity contribution in [2.45, 2.75) is 12.3 Å². The van der Waals surface area contributed by atoms with Gasteiger partial charge in [0.25, 0.3) is 5.69 Å². The molecule has 2 atom stereocenters. The molecule has 0 amide bonds. The van der Waals surface area contributed by atoms with Gasteiger partial charge in [0.05, 0.1) is 12.0 Å². The van der Waals surface area contributed by atoms with Crippen molar-refractivity contribution in [1.29, 1.82) is 0 Å². The Morgan fingerprint density at radius 2 is 2.38 bits per heavy atom. The van der Waals surface area contributed by atoms with E-state index < -0.39 is 0 Å². The average molecular weight is 222 g/mol. The van der Waals surface area contributed by atoms with E-state index in [1.165, 1.54) is 6.07 Å². The van der Waals surface area contributed by atoms with Gasteiger partial charge < -0.3 is 10.5 Å². The lowest BCUT2D eigenvalue weighted by atomic mass is 10.1. The number of non-ortho nitro benzene ring substituents is 1. The Bertz CT molecular complexity index is 420. The molecule has 2 rings (SSSR count). The van der Waals surface area contributed by atoms with Gasteiger partial charge in [-0.25, -0.2) is 0 Å². The first-order chi connectivity index (χ1) is 7.67. The van der Waals surface area contributed by atoms with Crippen LogP contribution in [-0.2, 0) is 0 Å². The van der Waals surface area contributed by atoms with Crippen LogP contribution in [0.2, 0.25) is 0 Å². The highest BCUT2D eigenvalue weighted by atomic mass is 16.6. The summed E-state index contributed by atoms with van der Waals surface area (Å²) in [5.74, 6) is 1.47. The van der Waals surface area contributed by atoms with E-state index in [0.717, 1.165) is 12.0 Å². The monoisotopic (exact) mass is 222 g/mol. The Kier molecular flexibility index (Phi) is 2.78. The summed E-state index contributed by atoms with van der Waals surface area (Å²) in [6.45, 7) is 0.622. The zero-order chi connectivity index (χ0) is 11.7. The number of nitro benzene ring substituents is 1. The van der Waals surface area contributed by atoms with Crippen LogP contribution in [0.15, 0.2) is 18.2 Å². The van der Waals surface area contributed by atoms with Crippen molar-refractivity contribution in [3.63, 3.8) is 0 Å². The van der Waals surface area contributed by atoms with Crippen LogP contribution in [0.5, 0.6) is 5.75 Å². The van der Waals surface area contributed by atoms with Gasteiger partial charge in [-0.3, -0.25) is 10.1 Å². The molecule has 1 saturated carbocycles. The number of ether oxygens (including phenoxy) is 1. The number of nitrogens with two attached hydrogens (primary N) is 1. The van der Waals surface area contributed by atoms with Gasteiger partial charge in [-0.2, -0.15) is 0 Å². The predicted octanol–water partition coefficient (Wildman–Crippen LogP) is 1.67. The summed E-state index contributed by atoms with van der Waals surface area (Å²) in [6.07, 6.45) is 0.994. The van der Waals surface area contributed by atoms with Crippen LogP contribution >= 0.6 is 0 Å². The highest BCUT2D eigenvalue weighted by molar-refractivity contribution is 5.47. The van der Waals surface area contributed by atoms with E-state index in [2.05, 4.69) is 0 Å². The minimum atomic E-state index is -0.386. The highest BCUT2D eigenvalue weighted by Gasteiger charge is 2.39. The lowest BCUT2D eigenvalue weighted by molar-refractivity contribution is -0.384. The fraction of sp³-hybridized carbons (Fsp3) is 0.455. The third-order valence-electron chi connectivity index (χ3n) is 3.05. The molecule has 0 bridgehead atoms. The molecule has 2 unspecified atom stereocenters. The average Bonchev–Trinajstić information content (AvgIpc) is 3.07. The van der Waals surface area contributed by atoms with E-state index in [-0.39, 0.29) is 10.6 Å². The molecular weight excluding hydrogens is 208 g/mol. The normalized spacial score (nSPS) is 22.9. The molecule has 1 aliphatic rings. The maximum Gasteiger partial charge on any atom is 0.269 e. The molecule has 1 aromatic rings. The van der Waals surface area contributed by atoms with Crippen molar-refractivity contribution in [3.8, 4) is 5.75 Å². The highest BCUT2D eigenvalue weighted by Crippen LogP contribution is 2.50. The summed E-state index contributed by atoms with van der Waals surface area (Å²) in [5, 5.41) is 10.7. The second-order valence-electron chi connectivity index (χ2n) is 4.02.